The van der Waals surface area contributed by atoms with Crippen LogP contribution in [0.3, 0.4) is 0 Å². The Kier molecular flexibility index (Phi) is 6.06. The number of anilines is 1. The van der Waals surface area contributed by atoms with Gasteiger partial charge >= 0.3 is 0 Å². The number of carbonyl (C=O) groups is 1. The normalized spacial score (nSPS) is 16.6. The van der Waals surface area contributed by atoms with Crippen molar-refractivity contribution >= 4 is 22.5 Å². The zero-order valence-electron chi connectivity index (χ0n) is 16.7. The third-order valence-electron chi connectivity index (χ3n) is 5.68. The molecule has 5 heteroatoms. The fourth-order valence-corrected chi connectivity index (χ4v) is 4.06. The fraction of sp³-hybridized carbons (Fsp3) is 0.333. The van der Waals surface area contributed by atoms with E-state index in [0.717, 1.165) is 53.3 Å². The average molecular weight is 389 g/mol. The maximum Gasteiger partial charge on any atom is 0.248 e. The predicted molar refractivity (Wildman–Crippen MR) is 119 cm³/mol. The Morgan fingerprint density at radius 1 is 1.17 bits per heavy atom. The topological polar surface area (TPSA) is 80.0 Å². The molecule has 29 heavy (non-hydrogen) atoms. The molecule has 1 fully saturated rings. The van der Waals surface area contributed by atoms with Crippen LogP contribution >= 0.6 is 0 Å². The number of hydrogen-bond donors (Lipinski definition) is 3. The van der Waals surface area contributed by atoms with Gasteiger partial charge in [0.15, 0.2) is 0 Å². The molecule has 2 aromatic carbocycles. The number of hydrogen-bond acceptors (Lipinski definition) is 4. The van der Waals surface area contributed by atoms with Gasteiger partial charge < -0.3 is 16.4 Å². The molecule has 1 aliphatic heterocycles. The Hall–Kier alpha value is -2.92. The lowest BCUT2D eigenvalue weighted by atomic mass is 9.95. The highest BCUT2D eigenvalue weighted by Crippen LogP contribution is 2.28. The minimum absolute atomic E-state index is 0.418. The summed E-state index contributed by atoms with van der Waals surface area (Å²) < 4.78 is 0. The van der Waals surface area contributed by atoms with Crippen molar-refractivity contribution in [3.8, 4) is 11.3 Å². The SMILES string of the molecule is NC(=O)c1ccc(-c2cc(NCCCC3CCCNC3)c3ccccc3n2)cc1. The molecule has 0 bridgehead atoms. The van der Waals surface area contributed by atoms with Crippen molar-refractivity contribution in [2.24, 2.45) is 11.7 Å². The van der Waals surface area contributed by atoms with E-state index in [9.17, 15) is 4.79 Å². The molecule has 0 aliphatic carbocycles. The van der Waals surface area contributed by atoms with E-state index < -0.39 is 5.91 Å². The van der Waals surface area contributed by atoms with Crippen molar-refractivity contribution in [3.63, 3.8) is 0 Å². The van der Waals surface area contributed by atoms with Crippen LogP contribution in [0.4, 0.5) is 5.69 Å². The Morgan fingerprint density at radius 2 is 2.00 bits per heavy atom. The van der Waals surface area contributed by atoms with Crippen molar-refractivity contribution in [3.05, 3.63) is 60.2 Å². The number of para-hydroxylation sites is 1. The van der Waals surface area contributed by atoms with Gasteiger partial charge in [0.2, 0.25) is 5.91 Å². The molecule has 1 amide bonds. The summed E-state index contributed by atoms with van der Waals surface area (Å²) in [5, 5.41) is 8.26. The highest BCUT2D eigenvalue weighted by atomic mass is 16.1. The Labute approximate surface area is 171 Å². The van der Waals surface area contributed by atoms with Gasteiger partial charge in [0.1, 0.15) is 0 Å². The fourth-order valence-electron chi connectivity index (χ4n) is 4.06. The highest BCUT2D eigenvalue weighted by Gasteiger charge is 2.13. The second-order valence-corrected chi connectivity index (χ2v) is 7.80. The number of primary amides is 1. The van der Waals surface area contributed by atoms with Crippen LogP contribution in [-0.2, 0) is 0 Å². The van der Waals surface area contributed by atoms with Gasteiger partial charge in [-0.05, 0) is 69.0 Å². The number of nitrogens with two attached hydrogens (primary N) is 1. The molecule has 0 spiro atoms. The quantitative estimate of drug-likeness (QED) is 0.530. The standard InChI is InChI=1S/C24H28N4O/c25-24(29)19-11-9-18(10-12-19)22-15-23(20-7-1-2-8-21(20)28-22)27-14-4-6-17-5-3-13-26-16-17/h1-2,7-12,15,17,26H,3-6,13-14,16H2,(H2,25,29)(H,27,28). The van der Waals surface area contributed by atoms with Crippen LogP contribution in [0.5, 0.6) is 0 Å². The zero-order valence-corrected chi connectivity index (χ0v) is 16.7. The van der Waals surface area contributed by atoms with Gasteiger partial charge in [-0.3, -0.25) is 4.79 Å². The predicted octanol–water partition coefficient (Wildman–Crippen LogP) is 4.19. The highest BCUT2D eigenvalue weighted by molar-refractivity contribution is 5.95. The molecule has 4 N–H and O–H groups in total. The minimum atomic E-state index is -0.418. The monoisotopic (exact) mass is 388 g/mol. The van der Waals surface area contributed by atoms with Gasteiger partial charge in [-0.2, -0.15) is 0 Å². The van der Waals surface area contributed by atoms with Crippen molar-refractivity contribution in [1.82, 2.24) is 10.3 Å². The molecular weight excluding hydrogens is 360 g/mol. The molecule has 5 nitrogen and oxygen atoms in total. The Balaban J connectivity index is 1.51. The summed E-state index contributed by atoms with van der Waals surface area (Å²) in [6.45, 7) is 3.27. The van der Waals surface area contributed by atoms with Crippen LogP contribution in [0, 0.1) is 5.92 Å². The zero-order chi connectivity index (χ0) is 20.1. The minimum Gasteiger partial charge on any atom is -0.384 e. The van der Waals surface area contributed by atoms with Crippen LogP contribution in [0.25, 0.3) is 22.2 Å². The number of nitrogens with one attached hydrogen (secondary N) is 2. The van der Waals surface area contributed by atoms with Crippen LogP contribution < -0.4 is 16.4 Å². The van der Waals surface area contributed by atoms with E-state index in [4.69, 9.17) is 10.7 Å². The van der Waals surface area contributed by atoms with Crippen molar-refractivity contribution < 1.29 is 4.79 Å². The number of carbonyl (C=O) groups excluding carboxylic acids is 1. The van der Waals surface area contributed by atoms with Crippen molar-refractivity contribution in [2.45, 2.75) is 25.7 Å². The first-order chi connectivity index (χ1) is 14.2. The molecule has 1 aliphatic rings. The molecule has 0 saturated carbocycles. The molecule has 3 aromatic rings. The number of nitrogens with zero attached hydrogens (tertiary/aromatic N) is 1. The molecule has 1 unspecified atom stereocenters. The van der Waals surface area contributed by atoms with E-state index in [-0.39, 0.29) is 0 Å². The largest absolute Gasteiger partial charge is 0.384 e. The Bertz CT molecular complexity index is 978. The summed E-state index contributed by atoms with van der Waals surface area (Å²) in [5.41, 5.74) is 9.78. The molecule has 1 saturated heterocycles. The van der Waals surface area contributed by atoms with E-state index in [1.807, 2.05) is 30.3 Å². The first kappa shape index (κ1) is 19.4. The number of amides is 1. The average Bonchev–Trinajstić information content (AvgIpc) is 2.77. The van der Waals surface area contributed by atoms with Gasteiger partial charge in [-0.25, -0.2) is 4.98 Å². The molecule has 2 heterocycles. The van der Waals surface area contributed by atoms with Gasteiger partial charge in [-0.15, -0.1) is 0 Å². The van der Waals surface area contributed by atoms with E-state index >= 15 is 0 Å². The smallest absolute Gasteiger partial charge is 0.248 e. The lowest BCUT2D eigenvalue weighted by Crippen LogP contribution is -2.29. The molecule has 150 valence electrons. The molecule has 1 atom stereocenters. The third-order valence-corrected chi connectivity index (χ3v) is 5.68. The molecule has 0 radical (unpaired) electrons. The van der Waals surface area contributed by atoms with E-state index in [1.165, 1.54) is 25.8 Å². The number of aromatic nitrogens is 1. The molecule has 1 aromatic heterocycles. The van der Waals surface area contributed by atoms with Gasteiger partial charge in [0.25, 0.3) is 0 Å². The first-order valence-electron chi connectivity index (χ1n) is 10.5. The number of piperidine rings is 1. The van der Waals surface area contributed by atoms with E-state index in [1.54, 1.807) is 12.1 Å². The molecular formula is C24H28N4O. The lowest BCUT2D eigenvalue weighted by Gasteiger charge is -2.22. The summed E-state index contributed by atoms with van der Waals surface area (Å²) in [4.78, 5) is 16.1. The summed E-state index contributed by atoms with van der Waals surface area (Å²) in [5.74, 6) is 0.387. The van der Waals surface area contributed by atoms with Crippen LogP contribution in [0.2, 0.25) is 0 Å². The number of pyridine rings is 1. The van der Waals surface area contributed by atoms with Crippen LogP contribution in [0.1, 0.15) is 36.0 Å². The summed E-state index contributed by atoms with van der Waals surface area (Å²) >= 11 is 0. The van der Waals surface area contributed by atoms with Crippen LogP contribution in [-0.4, -0.2) is 30.5 Å². The first-order valence-corrected chi connectivity index (χ1v) is 10.5. The third kappa shape index (κ3) is 4.74. The molecule has 4 rings (SSSR count). The summed E-state index contributed by atoms with van der Waals surface area (Å²) in [7, 11) is 0. The van der Waals surface area contributed by atoms with Gasteiger partial charge in [-0.1, -0.05) is 30.3 Å². The van der Waals surface area contributed by atoms with Crippen molar-refractivity contribution in [2.75, 3.05) is 25.0 Å². The van der Waals surface area contributed by atoms with Crippen LogP contribution in [0.15, 0.2) is 54.6 Å². The number of rotatable bonds is 7. The van der Waals surface area contributed by atoms with Crippen molar-refractivity contribution in [1.29, 1.82) is 0 Å². The van der Waals surface area contributed by atoms with E-state index in [2.05, 4.69) is 22.8 Å². The number of benzene rings is 2. The second-order valence-electron chi connectivity index (χ2n) is 7.80. The second kappa shape index (κ2) is 9.05. The van der Waals surface area contributed by atoms with Gasteiger partial charge in [0, 0.05) is 28.7 Å². The summed E-state index contributed by atoms with van der Waals surface area (Å²) in [6.07, 6.45) is 5.05. The lowest BCUT2D eigenvalue weighted by molar-refractivity contribution is 0.100. The maximum absolute atomic E-state index is 11.3. The Morgan fingerprint density at radius 3 is 2.76 bits per heavy atom. The van der Waals surface area contributed by atoms with E-state index in [0.29, 0.717) is 5.56 Å². The van der Waals surface area contributed by atoms with Gasteiger partial charge in [0.05, 0.1) is 11.2 Å². The summed E-state index contributed by atoms with van der Waals surface area (Å²) in [6, 6.07) is 17.6. The maximum atomic E-state index is 11.3. The number of fused-ring (bicyclic) bond motifs is 1.